The first-order valence-electron chi connectivity index (χ1n) is 10.0. The summed E-state index contributed by atoms with van der Waals surface area (Å²) in [4.78, 5) is 39.6. The normalized spacial score (nSPS) is 12.2. The van der Waals surface area contributed by atoms with Gasteiger partial charge in [-0.1, -0.05) is 23.7 Å². The minimum atomic E-state index is -0.928. The molecule has 0 aliphatic heterocycles. The lowest BCUT2D eigenvalue weighted by Crippen LogP contribution is -2.32. The monoisotopic (exact) mass is 537 g/mol. The van der Waals surface area contributed by atoms with E-state index in [9.17, 15) is 14.4 Å². The third kappa shape index (κ3) is 5.28. The molecule has 0 saturated heterocycles. The molecule has 0 bridgehead atoms. The van der Waals surface area contributed by atoms with Crippen LogP contribution in [0.1, 0.15) is 26.3 Å². The van der Waals surface area contributed by atoms with E-state index in [-0.39, 0.29) is 23.1 Å². The second kappa shape index (κ2) is 10.7. The Morgan fingerprint density at radius 1 is 1.27 bits per heavy atom. The Hall–Kier alpha value is -3.11. The third-order valence-electron chi connectivity index (χ3n) is 4.46. The Morgan fingerprint density at radius 3 is 2.70 bits per heavy atom. The molecule has 3 aromatic rings. The van der Waals surface area contributed by atoms with Gasteiger partial charge in [-0.2, -0.15) is 5.10 Å². The molecule has 9 nitrogen and oxygen atoms in total. The van der Waals surface area contributed by atoms with Gasteiger partial charge in [0, 0.05) is 10.0 Å². The molecule has 0 aliphatic rings. The second-order valence-corrected chi connectivity index (χ2v) is 7.87. The zero-order valence-electron chi connectivity index (χ0n) is 18.1. The SMILES string of the molecule is CCOC(=O)[C@H](C)Oc1c(OCC)cc(C=Nn2c(=O)[nH]c3ccccc3c2=O)c(Br)c1Cl. The quantitative estimate of drug-likeness (QED) is 0.346. The van der Waals surface area contributed by atoms with Crippen LogP contribution in [0.15, 0.2) is 49.5 Å². The van der Waals surface area contributed by atoms with E-state index in [1.54, 1.807) is 44.2 Å². The summed E-state index contributed by atoms with van der Waals surface area (Å²) in [6, 6.07) is 8.20. The number of aromatic nitrogens is 2. The Bertz CT molecular complexity index is 1330. The maximum atomic E-state index is 12.7. The molecule has 174 valence electrons. The van der Waals surface area contributed by atoms with Crippen molar-refractivity contribution in [1.82, 2.24) is 9.66 Å². The summed E-state index contributed by atoms with van der Waals surface area (Å²) in [5.74, 6) is -0.153. The summed E-state index contributed by atoms with van der Waals surface area (Å²) in [7, 11) is 0. The molecule has 0 amide bonds. The molecule has 0 radical (unpaired) electrons. The first-order valence-corrected chi connectivity index (χ1v) is 11.2. The van der Waals surface area contributed by atoms with Crippen LogP contribution in [0.4, 0.5) is 0 Å². The van der Waals surface area contributed by atoms with E-state index >= 15 is 0 Å². The number of hydrogen-bond donors (Lipinski definition) is 1. The van der Waals surface area contributed by atoms with Gasteiger partial charge in [0.05, 0.1) is 30.3 Å². The zero-order valence-corrected chi connectivity index (χ0v) is 20.4. The third-order valence-corrected chi connectivity index (χ3v) is 5.91. The van der Waals surface area contributed by atoms with Crippen molar-refractivity contribution in [3.8, 4) is 11.5 Å². The molecule has 2 aromatic carbocycles. The number of hydrogen-bond acceptors (Lipinski definition) is 7. The van der Waals surface area contributed by atoms with E-state index in [0.29, 0.717) is 27.5 Å². The average molecular weight is 539 g/mol. The molecule has 1 atom stereocenters. The van der Waals surface area contributed by atoms with Crippen LogP contribution in [-0.4, -0.2) is 41.2 Å². The summed E-state index contributed by atoms with van der Waals surface area (Å²) < 4.78 is 17.4. The number of nitrogens with one attached hydrogen (secondary N) is 1. The summed E-state index contributed by atoms with van der Waals surface area (Å²) in [5, 5.41) is 4.49. The van der Waals surface area contributed by atoms with Gasteiger partial charge < -0.3 is 19.2 Å². The van der Waals surface area contributed by atoms with Gasteiger partial charge in [0.1, 0.15) is 5.02 Å². The van der Waals surface area contributed by atoms with E-state index in [4.69, 9.17) is 25.8 Å². The van der Waals surface area contributed by atoms with Crippen molar-refractivity contribution in [3.05, 3.63) is 66.2 Å². The number of H-pyrrole nitrogens is 1. The molecular weight excluding hydrogens is 518 g/mol. The Kier molecular flexibility index (Phi) is 7.93. The first kappa shape index (κ1) is 24.5. The molecule has 0 saturated carbocycles. The first-order chi connectivity index (χ1) is 15.8. The highest BCUT2D eigenvalue weighted by atomic mass is 79.9. The van der Waals surface area contributed by atoms with Crippen LogP contribution in [0, 0.1) is 0 Å². The topological polar surface area (TPSA) is 112 Å². The number of halogens is 2. The van der Waals surface area contributed by atoms with Crippen LogP contribution in [0.25, 0.3) is 10.9 Å². The number of carbonyl (C=O) groups excluding carboxylic acids is 1. The maximum absolute atomic E-state index is 12.7. The number of benzene rings is 2. The molecule has 0 aliphatic carbocycles. The van der Waals surface area contributed by atoms with E-state index in [1.165, 1.54) is 13.1 Å². The van der Waals surface area contributed by atoms with Crippen LogP contribution in [-0.2, 0) is 9.53 Å². The van der Waals surface area contributed by atoms with Crippen LogP contribution < -0.4 is 20.7 Å². The van der Waals surface area contributed by atoms with Gasteiger partial charge in [-0.05, 0) is 54.9 Å². The van der Waals surface area contributed by atoms with E-state index in [1.807, 2.05) is 0 Å². The lowest BCUT2D eigenvalue weighted by molar-refractivity contribution is -0.150. The zero-order chi connectivity index (χ0) is 24.1. The summed E-state index contributed by atoms with van der Waals surface area (Å²) in [6.45, 7) is 5.51. The largest absolute Gasteiger partial charge is 0.490 e. The summed E-state index contributed by atoms with van der Waals surface area (Å²) in [6.07, 6.45) is 0.366. The summed E-state index contributed by atoms with van der Waals surface area (Å²) in [5.41, 5.74) is -0.426. The predicted octanol–water partition coefficient (Wildman–Crippen LogP) is 3.72. The van der Waals surface area contributed by atoms with Crippen molar-refractivity contribution < 1.29 is 19.0 Å². The highest BCUT2D eigenvalue weighted by molar-refractivity contribution is 9.10. The van der Waals surface area contributed by atoms with Gasteiger partial charge in [0.15, 0.2) is 17.6 Å². The highest BCUT2D eigenvalue weighted by Gasteiger charge is 2.23. The van der Waals surface area contributed by atoms with Gasteiger partial charge in [0.25, 0.3) is 5.56 Å². The molecule has 33 heavy (non-hydrogen) atoms. The lowest BCUT2D eigenvalue weighted by atomic mass is 10.2. The predicted molar refractivity (Wildman–Crippen MR) is 129 cm³/mol. The van der Waals surface area contributed by atoms with Crippen molar-refractivity contribution in [2.45, 2.75) is 26.9 Å². The number of esters is 1. The molecular formula is C22H21BrClN3O6. The molecule has 1 N–H and O–H groups in total. The lowest BCUT2D eigenvalue weighted by Gasteiger charge is -2.19. The Labute approximate surface area is 202 Å². The molecule has 0 unspecified atom stereocenters. The van der Waals surface area contributed by atoms with Gasteiger partial charge in [-0.15, -0.1) is 4.68 Å². The maximum Gasteiger partial charge on any atom is 0.349 e. The van der Waals surface area contributed by atoms with Gasteiger partial charge >= 0.3 is 11.7 Å². The minimum Gasteiger partial charge on any atom is -0.490 e. The molecule has 3 rings (SSSR count). The highest BCUT2D eigenvalue weighted by Crippen LogP contribution is 2.42. The number of para-hydroxylation sites is 1. The van der Waals surface area contributed by atoms with Crippen LogP contribution in [0.5, 0.6) is 11.5 Å². The van der Waals surface area contributed by atoms with Gasteiger partial charge in [0.2, 0.25) is 0 Å². The smallest absolute Gasteiger partial charge is 0.349 e. The number of nitrogens with zero attached hydrogens (tertiary/aromatic N) is 2. The fourth-order valence-corrected chi connectivity index (χ4v) is 3.58. The number of carbonyl (C=O) groups is 1. The van der Waals surface area contributed by atoms with Crippen LogP contribution in [0.3, 0.4) is 0 Å². The van der Waals surface area contributed by atoms with E-state index in [0.717, 1.165) is 4.68 Å². The van der Waals surface area contributed by atoms with Crippen molar-refractivity contribution in [3.63, 3.8) is 0 Å². The standard InChI is InChI=1S/C22H21BrClN3O6/c1-4-31-16-10-13(17(23)18(24)19(16)33-12(3)21(29)32-5-2)11-25-27-20(28)14-8-6-7-9-15(14)26-22(27)30/h6-12H,4-5H2,1-3H3,(H,26,30)/t12-/m0/s1. The number of rotatable bonds is 8. The fourth-order valence-electron chi connectivity index (χ4n) is 2.93. The number of aromatic amines is 1. The molecule has 1 aromatic heterocycles. The average Bonchev–Trinajstić information content (AvgIpc) is 2.79. The number of fused-ring (bicyclic) bond motifs is 1. The number of ether oxygens (including phenoxy) is 3. The van der Waals surface area contributed by atoms with Crippen molar-refractivity contribution in [2.75, 3.05) is 13.2 Å². The Morgan fingerprint density at radius 2 is 2.00 bits per heavy atom. The fraction of sp³-hybridized carbons (Fsp3) is 0.273. The van der Waals surface area contributed by atoms with Crippen LogP contribution in [0.2, 0.25) is 5.02 Å². The van der Waals surface area contributed by atoms with Crippen molar-refractivity contribution in [2.24, 2.45) is 5.10 Å². The van der Waals surface area contributed by atoms with Gasteiger partial charge in [-0.25, -0.2) is 9.59 Å². The van der Waals surface area contributed by atoms with Gasteiger partial charge in [-0.3, -0.25) is 4.79 Å². The van der Waals surface area contributed by atoms with Crippen molar-refractivity contribution in [1.29, 1.82) is 0 Å². The van der Waals surface area contributed by atoms with E-state index < -0.39 is 23.3 Å². The Balaban J connectivity index is 2.04. The molecule has 0 fully saturated rings. The second-order valence-electron chi connectivity index (χ2n) is 6.70. The van der Waals surface area contributed by atoms with Crippen LogP contribution >= 0.6 is 27.5 Å². The summed E-state index contributed by atoms with van der Waals surface area (Å²) >= 11 is 9.86. The van der Waals surface area contributed by atoms with Crippen molar-refractivity contribution >= 4 is 50.6 Å². The van der Waals surface area contributed by atoms with E-state index in [2.05, 4.69) is 26.0 Å². The molecule has 11 heteroatoms. The minimum absolute atomic E-state index is 0.123. The molecule has 0 spiro atoms. The molecule has 1 heterocycles.